The van der Waals surface area contributed by atoms with Crippen LogP contribution in [0.1, 0.15) is 29.9 Å². The van der Waals surface area contributed by atoms with Gasteiger partial charge in [-0.3, -0.25) is 0 Å². The highest BCUT2D eigenvalue weighted by Gasteiger charge is 2.33. The molecular formula is C27H38N2O6S. The Kier molecular flexibility index (Phi) is 9.11. The van der Waals surface area contributed by atoms with E-state index in [-0.39, 0.29) is 23.8 Å². The Morgan fingerprint density at radius 3 is 2.67 bits per heavy atom. The molecule has 1 saturated heterocycles. The summed E-state index contributed by atoms with van der Waals surface area (Å²) in [6.07, 6.45) is 2.86. The minimum absolute atomic E-state index is 0.0791. The molecule has 9 heteroatoms. The van der Waals surface area contributed by atoms with E-state index in [1.807, 2.05) is 18.2 Å². The van der Waals surface area contributed by atoms with Crippen molar-refractivity contribution in [3.05, 3.63) is 53.6 Å². The molecule has 0 bridgehead atoms. The molecule has 0 amide bonds. The van der Waals surface area contributed by atoms with Gasteiger partial charge in [0.1, 0.15) is 27.9 Å². The van der Waals surface area contributed by atoms with Crippen molar-refractivity contribution in [2.75, 3.05) is 64.0 Å². The molecule has 2 heterocycles. The number of fused-ring (bicyclic) bond motifs is 1. The number of sulfone groups is 1. The van der Waals surface area contributed by atoms with Crippen molar-refractivity contribution >= 4 is 15.5 Å². The second-order valence-corrected chi connectivity index (χ2v) is 11.8. The number of hydrogen-bond donors (Lipinski definition) is 1. The van der Waals surface area contributed by atoms with Crippen LogP contribution in [0.2, 0.25) is 0 Å². The fourth-order valence-electron chi connectivity index (χ4n) is 5.08. The van der Waals surface area contributed by atoms with Gasteiger partial charge in [-0.2, -0.15) is 0 Å². The summed E-state index contributed by atoms with van der Waals surface area (Å²) in [4.78, 5) is 2.35. The molecule has 36 heavy (non-hydrogen) atoms. The van der Waals surface area contributed by atoms with Crippen LogP contribution in [0.5, 0.6) is 11.5 Å². The van der Waals surface area contributed by atoms with Crippen molar-refractivity contribution in [3.63, 3.8) is 0 Å². The Hall–Kier alpha value is -2.33. The van der Waals surface area contributed by atoms with E-state index in [2.05, 4.69) is 34.5 Å². The maximum atomic E-state index is 11.9. The number of benzene rings is 2. The molecule has 1 N–H and O–H groups in total. The smallest absolute Gasteiger partial charge is 0.148 e. The minimum Gasteiger partial charge on any atom is -0.497 e. The average Bonchev–Trinajstić information content (AvgIpc) is 2.87. The first-order valence-electron chi connectivity index (χ1n) is 12.5. The zero-order valence-corrected chi connectivity index (χ0v) is 22.3. The van der Waals surface area contributed by atoms with Crippen LogP contribution in [0, 0.1) is 0 Å². The number of nitrogens with zero attached hydrogens (tertiary/aromatic N) is 1. The van der Waals surface area contributed by atoms with E-state index in [1.54, 1.807) is 14.2 Å². The molecule has 4 rings (SSSR count). The largest absolute Gasteiger partial charge is 0.497 e. The highest BCUT2D eigenvalue weighted by Crippen LogP contribution is 2.35. The van der Waals surface area contributed by atoms with Gasteiger partial charge in [0.25, 0.3) is 0 Å². The lowest BCUT2D eigenvalue weighted by atomic mass is 9.84. The lowest BCUT2D eigenvalue weighted by molar-refractivity contribution is 0.00441. The number of anilines is 1. The molecule has 0 aliphatic carbocycles. The van der Waals surface area contributed by atoms with Crippen molar-refractivity contribution in [1.29, 1.82) is 0 Å². The molecule has 8 nitrogen and oxygen atoms in total. The third kappa shape index (κ3) is 7.12. The van der Waals surface area contributed by atoms with Gasteiger partial charge in [0.15, 0.2) is 0 Å². The molecule has 0 radical (unpaired) electrons. The summed E-state index contributed by atoms with van der Waals surface area (Å²) in [6.45, 7) is 4.25. The third-order valence-electron chi connectivity index (χ3n) is 6.87. The zero-order valence-electron chi connectivity index (χ0n) is 21.4. The number of hydrogen-bond acceptors (Lipinski definition) is 8. The molecule has 0 unspecified atom stereocenters. The van der Waals surface area contributed by atoms with Gasteiger partial charge < -0.3 is 29.2 Å². The normalized spacial score (nSPS) is 22.1. The number of ether oxygens (including phenoxy) is 4. The summed E-state index contributed by atoms with van der Waals surface area (Å²) in [7, 11) is 0.293. The van der Waals surface area contributed by atoms with E-state index >= 15 is 0 Å². The second kappa shape index (κ2) is 12.3. The van der Waals surface area contributed by atoms with Gasteiger partial charge in [-0.25, -0.2) is 8.42 Å². The van der Waals surface area contributed by atoms with Gasteiger partial charge in [-0.1, -0.05) is 18.2 Å². The van der Waals surface area contributed by atoms with Crippen molar-refractivity contribution in [1.82, 2.24) is 5.32 Å². The number of piperidine rings is 1. The molecule has 1 fully saturated rings. The van der Waals surface area contributed by atoms with Crippen LogP contribution in [-0.2, 0) is 25.9 Å². The highest BCUT2D eigenvalue weighted by atomic mass is 32.2. The zero-order chi connectivity index (χ0) is 25.5. The number of nitrogens with one attached hydrogen (secondary N) is 1. The fraction of sp³-hybridized carbons (Fsp3) is 0.556. The highest BCUT2D eigenvalue weighted by molar-refractivity contribution is 7.90. The monoisotopic (exact) mass is 518 g/mol. The standard InChI is InChI=1S/C27H38N2O6S/c1-32-13-4-11-29-12-14-34-26-10-5-20(15-25(26)29)18-35-27-17-28-22(19-36(3,30)31)16-24(27)21-6-8-23(33-2)9-7-21/h5-10,15,22,24,27-28H,4,11-14,16-19H2,1-3H3/t22-,24+,27-/m0/s1. The molecule has 2 aromatic carbocycles. The lowest BCUT2D eigenvalue weighted by Gasteiger charge is -2.37. The SMILES string of the molecule is COCCCN1CCOc2ccc(CO[C@H]3CN[C@H](CS(C)(=O)=O)C[C@@H]3c3ccc(OC)cc3)cc21. The van der Waals surface area contributed by atoms with Crippen LogP contribution in [0.3, 0.4) is 0 Å². The van der Waals surface area contributed by atoms with Gasteiger partial charge in [0, 0.05) is 45.0 Å². The predicted molar refractivity (Wildman–Crippen MR) is 141 cm³/mol. The van der Waals surface area contributed by atoms with Crippen LogP contribution < -0.4 is 19.7 Å². The molecule has 2 aliphatic rings. The summed E-state index contributed by atoms with van der Waals surface area (Å²) < 4.78 is 46.8. The molecule has 0 saturated carbocycles. The number of rotatable bonds is 11. The maximum absolute atomic E-state index is 11.9. The van der Waals surface area contributed by atoms with E-state index < -0.39 is 9.84 Å². The molecule has 0 spiro atoms. The first kappa shape index (κ1) is 26.7. The van der Waals surface area contributed by atoms with Gasteiger partial charge >= 0.3 is 0 Å². The number of methoxy groups -OCH3 is 2. The van der Waals surface area contributed by atoms with E-state index in [9.17, 15) is 8.42 Å². The van der Waals surface area contributed by atoms with Crippen LogP contribution in [0.4, 0.5) is 5.69 Å². The van der Waals surface area contributed by atoms with E-state index in [0.717, 1.165) is 54.4 Å². The van der Waals surface area contributed by atoms with Crippen LogP contribution in [0.25, 0.3) is 0 Å². The lowest BCUT2D eigenvalue weighted by Crippen LogP contribution is -2.49. The molecule has 2 aliphatic heterocycles. The first-order chi connectivity index (χ1) is 17.4. The van der Waals surface area contributed by atoms with Crippen molar-refractivity contribution in [2.45, 2.75) is 37.5 Å². The van der Waals surface area contributed by atoms with Gasteiger partial charge in [-0.15, -0.1) is 0 Å². The molecule has 198 valence electrons. The Balaban J connectivity index is 1.47. The van der Waals surface area contributed by atoms with Crippen LogP contribution in [-0.4, -0.2) is 79.6 Å². The van der Waals surface area contributed by atoms with E-state index in [4.69, 9.17) is 18.9 Å². The summed E-state index contributed by atoms with van der Waals surface area (Å²) in [5.74, 6) is 1.90. The quantitative estimate of drug-likeness (QED) is 0.455. The first-order valence-corrected chi connectivity index (χ1v) is 14.6. The van der Waals surface area contributed by atoms with Crippen LogP contribution in [0.15, 0.2) is 42.5 Å². The fourth-order valence-corrected chi connectivity index (χ4v) is 6.06. The summed E-state index contributed by atoms with van der Waals surface area (Å²) in [6, 6.07) is 14.1. The minimum atomic E-state index is -3.08. The van der Waals surface area contributed by atoms with E-state index in [0.29, 0.717) is 26.2 Å². The molecule has 0 aromatic heterocycles. The van der Waals surface area contributed by atoms with Crippen LogP contribution >= 0.6 is 0 Å². The summed E-state index contributed by atoms with van der Waals surface area (Å²) >= 11 is 0. The second-order valence-electron chi connectivity index (χ2n) is 9.65. The van der Waals surface area contributed by atoms with Gasteiger partial charge in [0.05, 0.1) is 37.8 Å². The van der Waals surface area contributed by atoms with Crippen molar-refractivity contribution in [3.8, 4) is 11.5 Å². The molecular weight excluding hydrogens is 480 g/mol. The topological polar surface area (TPSA) is 86.3 Å². The molecule has 3 atom stereocenters. The summed E-state index contributed by atoms with van der Waals surface area (Å²) in [5, 5.41) is 3.40. The van der Waals surface area contributed by atoms with Gasteiger partial charge in [0.2, 0.25) is 0 Å². The van der Waals surface area contributed by atoms with E-state index in [1.165, 1.54) is 6.26 Å². The predicted octanol–water partition coefficient (Wildman–Crippen LogP) is 3.01. The Bertz CT molecular complexity index is 1090. The third-order valence-corrected chi connectivity index (χ3v) is 7.87. The molecule has 2 aromatic rings. The van der Waals surface area contributed by atoms with Crippen molar-refractivity contribution in [2.24, 2.45) is 0 Å². The van der Waals surface area contributed by atoms with Crippen molar-refractivity contribution < 1.29 is 27.4 Å². The Morgan fingerprint density at radius 1 is 1.14 bits per heavy atom. The van der Waals surface area contributed by atoms with Gasteiger partial charge in [-0.05, 0) is 48.2 Å². The Morgan fingerprint density at radius 2 is 1.94 bits per heavy atom. The average molecular weight is 519 g/mol. The Labute approximate surface area is 214 Å². The maximum Gasteiger partial charge on any atom is 0.148 e. The summed E-state index contributed by atoms with van der Waals surface area (Å²) in [5.41, 5.74) is 3.31.